The van der Waals surface area contributed by atoms with Crippen LogP contribution in [0.4, 0.5) is 0 Å². The van der Waals surface area contributed by atoms with Crippen molar-refractivity contribution in [2.75, 3.05) is 19.3 Å². The van der Waals surface area contributed by atoms with E-state index in [9.17, 15) is 16.8 Å². The summed E-state index contributed by atoms with van der Waals surface area (Å²) >= 11 is 0.707. The van der Waals surface area contributed by atoms with Gasteiger partial charge in [-0.3, -0.25) is 9.89 Å². The lowest BCUT2D eigenvalue weighted by atomic mass is 10.0. The molecule has 10 heteroatoms. The van der Waals surface area contributed by atoms with E-state index in [1.165, 1.54) is 6.07 Å². The molecule has 0 radical (unpaired) electrons. The highest BCUT2D eigenvalue weighted by Gasteiger charge is 2.42. The highest BCUT2D eigenvalue weighted by atomic mass is 32.3. The maximum atomic E-state index is 12.4. The molecule has 0 aliphatic carbocycles. The number of thiophene rings is 1. The second kappa shape index (κ2) is 4.59. The molecule has 0 amide bonds. The van der Waals surface area contributed by atoms with Crippen molar-refractivity contribution in [2.45, 2.75) is 27.4 Å². The van der Waals surface area contributed by atoms with Gasteiger partial charge >= 0.3 is 0 Å². The van der Waals surface area contributed by atoms with Crippen molar-refractivity contribution in [3.63, 3.8) is 0 Å². The molecule has 2 N–H and O–H groups in total. The summed E-state index contributed by atoms with van der Waals surface area (Å²) < 4.78 is 47.7. The van der Waals surface area contributed by atoms with Crippen molar-refractivity contribution in [1.82, 2.24) is 4.90 Å². The van der Waals surface area contributed by atoms with E-state index in [0.29, 0.717) is 29.2 Å². The molecule has 2 aliphatic rings. The van der Waals surface area contributed by atoms with E-state index >= 15 is 0 Å². The summed E-state index contributed by atoms with van der Waals surface area (Å²) in [5, 5.41) is 5.12. The molecule has 21 heavy (non-hydrogen) atoms. The van der Waals surface area contributed by atoms with Crippen molar-refractivity contribution in [1.29, 1.82) is 0 Å². The second-order valence-electron chi connectivity index (χ2n) is 5.41. The first kappa shape index (κ1) is 15.1. The van der Waals surface area contributed by atoms with Crippen molar-refractivity contribution < 1.29 is 16.8 Å². The van der Waals surface area contributed by atoms with E-state index in [2.05, 4.69) is 4.99 Å². The van der Waals surface area contributed by atoms with Crippen LogP contribution in [0, 0.1) is 0 Å². The number of nitrogens with two attached hydrogens (primary N) is 1. The van der Waals surface area contributed by atoms with E-state index in [4.69, 9.17) is 5.14 Å². The maximum Gasteiger partial charge on any atom is 0.247 e. The molecule has 0 bridgehead atoms. The Kier molecular flexibility index (Phi) is 3.30. The quantitative estimate of drug-likeness (QED) is 0.747. The van der Waals surface area contributed by atoms with E-state index in [1.807, 2.05) is 18.9 Å². The summed E-state index contributed by atoms with van der Waals surface area (Å²) in [6.07, 6.45) is 0. The maximum absolute atomic E-state index is 12.4. The molecular weight excluding hydrogens is 334 g/mol. The molecule has 0 saturated carbocycles. The number of aliphatic imine (C=N–C) groups is 1. The van der Waals surface area contributed by atoms with Gasteiger partial charge in [0.1, 0.15) is 8.42 Å². The number of sulfonamides is 1. The van der Waals surface area contributed by atoms with E-state index in [0.717, 1.165) is 0 Å². The third-order valence-corrected chi connectivity index (χ3v) is 8.55. The van der Waals surface area contributed by atoms with Crippen LogP contribution in [0.5, 0.6) is 0 Å². The molecule has 0 fully saturated rings. The molecule has 1 aromatic rings. The third kappa shape index (κ3) is 2.44. The number of likely N-dealkylation sites (N-methyl/N-ethyl adjacent to an activating group) is 1. The molecule has 7 nitrogen and oxygen atoms in total. The topological polar surface area (TPSA) is 110 Å². The van der Waals surface area contributed by atoms with Gasteiger partial charge in [0.2, 0.25) is 10.0 Å². The fourth-order valence-corrected chi connectivity index (χ4v) is 7.01. The van der Waals surface area contributed by atoms with Crippen LogP contribution in [0.1, 0.15) is 12.5 Å². The smallest absolute Gasteiger partial charge is 0.247 e. The largest absolute Gasteiger partial charge is 0.295 e. The second-order valence-corrected chi connectivity index (χ2v) is 10.5. The first-order valence-corrected chi connectivity index (χ1v) is 10.3. The van der Waals surface area contributed by atoms with Gasteiger partial charge in [0.25, 0.3) is 0 Å². The van der Waals surface area contributed by atoms with Crippen LogP contribution in [0.3, 0.4) is 0 Å². The predicted molar refractivity (Wildman–Crippen MR) is 80.2 cm³/mol. The summed E-state index contributed by atoms with van der Waals surface area (Å²) in [4.78, 5) is 6.48. The zero-order chi connectivity index (χ0) is 15.6. The molecule has 3 rings (SSSR count). The highest BCUT2D eigenvalue weighted by Crippen LogP contribution is 2.37. The Hall–Kier alpha value is -0.810. The minimum Gasteiger partial charge on any atom is -0.295 e. The van der Waals surface area contributed by atoms with Gasteiger partial charge in [0.15, 0.2) is 9.84 Å². The van der Waals surface area contributed by atoms with Crippen molar-refractivity contribution in [3.05, 3.63) is 11.6 Å². The molecule has 0 unspecified atom stereocenters. The molecule has 2 aliphatic heterocycles. The SMILES string of the molecule is C[C@H]1CN(C)[C@@H]2CS(=O)(=O)c3sc(S(N)(=O)=O)cc3C2=N1. The van der Waals surface area contributed by atoms with Crippen LogP contribution in [0.15, 0.2) is 19.5 Å². The van der Waals surface area contributed by atoms with Crippen molar-refractivity contribution in [2.24, 2.45) is 10.1 Å². The zero-order valence-corrected chi connectivity index (χ0v) is 13.9. The molecule has 3 heterocycles. The number of hydrogen-bond acceptors (Lipinski definition) is 7. The molecular formula is C11H15N3O4S3. The molecule has 1 aromatic heterocycles. The monoisotopic (exact) mass is 349 g/mol. The predicted octanol–water partition coefficient (Wildman–Crippen LogP) is -0.326. The highest BCUT2D eigenvalue weighted by molar-refractivity contribution is 7.95. The Bertz CT molecular complexity index is 838. The van der Waals surface area contributed by atoms with Crippen LogP contribution < -0.4 is 5.14 Å². The van der Waals surface area contributed by atoms with Crippen LogP contribution in [0.2, 0.25) is 0 Å². The Morgan fingerprint density at radius 3 is 2.76 bits per heavy atom. The zero-order valence-electron chi connectivity index (χ0n) is 11.5. The normalized spacial score (nSPS) is 28.6. The standard InChI is InChI=1S/C11H15N3O4S3/c1-6-4-14(2)8-5-20(15,16)11-7(10(8)13-6)3-9(19-11)21(12,17)18/h3,6,8H,4-5H2,1-2H3,(H2,12,17,18)/t6-,8+/m0/s1. The van der Waals surface area contributed by atoms with Gasteiger partial charge in [-0.15, -0.1) is 11.3 Å². The lowest BCUT2D eigenvalue weighted by Crippen LogP contribution is -2.52. The lowest BCUT2D eigenvalue weighted by Gasteiger charge is -2.37. The lowest BCUT2D eigenvalue weighted by molar-refractivity contribution is 0.280. The van der Waals surface area contributed by atoms with Crippen LogP contribution >= 0.6 is 11.3 Å². The Balaban J connectivity index is 2.28. The van der Waals surface area contributed by atoms with Crippen LogP contribution in [-0.2, 0) is 19.9 Å². The van der Waals surface area contributed by atoms with Gasteiger partial charge in [0.05, 0.1) is 23.5 Å². The number of sulfone groups is 1. The number of rotatable bonds is 1. The van der Waals surface area contributed by atoms with Crippen molar-refractivity contribution in [3.8, 4) is 0 Å². The van der Waals surface area contributed by atoms with Gasteiger partial charge in [-0.2, -0.15) is 0 Å². The Morgan fingerprint density at radius 2 is 2.14 bits per heavy atom. The summed E-state index contributed by atoms with van der Waals surface area (Å²) in [6.45, 7) is 2.61. The average Bonchev–Trinajstić information content (AvgIpc) is 2.77. The van der Waals surface area contributed by atoms with Crippen LogP contribution in [-0.4, -0.2) is 58.9 Å². The van der Waals surface area contributed by atoms with E-state index in [1.54, 1.807) is 0 Å². The Morgan fingerprint density at radius 1 is 1.48 bits per heavy atom. The number of hydrogen-bond donors (Lipinski definition) is 1. The first-order chi connectivity index (χ1) is 9.59. The summed E-state index contributed by atoms with van der Waals surface area (Å²) in [5.41, 5.74) is 1.03. The van der Waals surface area contributed by atoms with Gasteiger partial charge < -0.3 is 0 Å². The molecule has 116 valence electrons. The Labute approximate surface area is 127 Å². The van der Waals surface area contributed by atoms with Gasteiger partial charge in [0, 0.05) is 12.1 Å². The minimum atomic E-state index is -3.93. The number of nitrogens with zero attached hydrogens (tertiary/aromatic N) is 2. The molecule has 0 saturated heterocycles. The molecule has 0 aromatic carbocycles. The van der Waals surface area contributed by atoms with E-state index < -0.39 is 19.9 Å². The fraction of sp³-hybridized carbons (Fsp3) is 0.545. The third-order valence-electron chi connectivity index (χ3n) is 3.65. The molecule has 2 atom stereocenters. The summed E-state index contributed by atoms with van der Waals surface area (Å²) in [6, 6.07) is 1.04. The van der Waals surface area contributed by atoms with Gasteiger partial charge in [-0.05, 0) is 20.0 Å². The van der Waals surface area contributed by atoms with E-state index in [-0.39, 0.29) is 26.3 Å². The van der Waals surface area contributed by atoms with Crippen molar-refractivity contribution >= 4 is 36.9 Å². The number of fused-ring (bicyclic) bond motifs is 3. The fourth-order valence-electron chi connectivity index (χ4n) is 2.76. The first-order valence-electron chi connectivity index (χ1n) is 6.27. The average molecular weight is 349 g/mol. The summed E-state index contributed by atoms with van der Waals surface area (Å²) in [7, 11) is -5.60. The van der Waals surface area contributed by atoms with Gasteiger partial charge in [-0.1, -0.05) is 0 Å². The minimum absolute atomic E-state index is 0.0349. The summed E-state index contributed by atoms with van der Waals surface area (Å²) in [5.74, 6) is -0.0768. The molecule has 0 spiro atoms. The van der Waals surface area contributed by atoms with Crippen LogP contribution in [0.25, 0.3) is 0 Å². The number of primary sulfonamides is 1. The van der Waals surface area contributed by atoms with Gasteiger partial charge in [-0.25, -0.2) is 22.0 Å².